The topological polar surface area (TPSA) is 123 Å². The van der Waals surface area contributed by atoms with Gasteiger partial charge in [-0.2, -0.15) is 0 Å². The van der Waals surface area contributed by atoms with Crippen molar-refractivity contribution in [3.8, 4) is 23.1 Å². The van der Waals surface area contributed by atoms with Crippen molar-refractivity contribution in [2.24, 2.45) is 0 Å². The molecule has 0 unspecified atom stereocenters. The lowest BCUT2D eigenvalue weighted by Crippen LogP contribution is -2.43. The Morgan fingerprint density at radius 2 is 1.79 bits per heavy atom. The molecule has 168 valence electrons. The summed E-state index contributed by atoms with van der Waals surface area (Å²) in [5.41, 5.74) is 15.7. The summed E-state index contributed by atoms with van der Waals surface area (Å²) in [5, 5.41) is 3.14. The summed E-state index contributed by atoms with van der Waals surface area (Å²) in [6.07, 6.45) is 3.55. The number of nitrogens with zero attached hydrogens (tertiary/aromatic N) is 4. The Labute approximate surface area is 193 Å². The lowest BCUT2D eigenvalue weighted by molar-refractivity contribution is 0.0917. The van der Waals surface area contributed by atoms with Gasteiger partial charge in [0.15, 0.2) is 0 Å². The minimum absolute atomic E-state index is 0.0645. The molecule has 2 aromatic heterocycles. The maximum atomic E-state index is 12.7. The van der Waals surface area contributed by atoms with Crippen LogP contribution in [0.3, 0.4) is 0 Å². The van der Waals surface area contributed by atoms with Gasteiger partial charge in [-0.1, -0.05) is 24.0 Å². The standard InChI is InChI=1S/C25H27N7O/c1-16-21(9-3-17-4-10-22(26)28-15-17)23(31-25(27)29-16)18-5-7-19(8-6-18)24(33)30-20-11-13-32(2)14-12-20/h4-8,10,15,20H,11-14H2,1-2H3,(H2,26,28)(H,30,33)(H2,27,29,31). The van der Waals surface area contributed by atoms with E-state index in [0.717, 1.165) is 37.1 Å². The molecule has 4 rings (SSSR count). The van der Waals surface area contributed by atoms with E-state index in [9.17, 15) is 4.79 Å². The molecule has 1 aliphatic heterocycles. The molecule has 3 heterocycles. The Kier molecular flexibility index (Phi) is 6.52. The summed E-state index contributed by atoms with van der Waals surface area (Å²) in [7, 11) is 2.10. The number of carbonyl (C=O) groups excluding carboxylic acids is 1. The zero-order valence-electron chi connectivity index (χ0n) is 18.8. The summed E-state index contributed by atoms with van der Waals surface area (Å²) in [6.45, 7) is 3.83. The molecule has 0 atom stereocenters. The van der Waals surface area contributed by atoms with Crippen LogP contribution in [0, 0.1) is 18.8 Å². The fraction of sp³-hybridized carbons (Fsp3) is 0.280. The van der Waals surface area contributed by atoms with Crippen molar-refractivity contribution in [3.05, 3.63) is 65.0 Å². The lowest BCUT2D eigenvalue weighted by Gasteiger charge is -2.29. The molecular formula is C25H27N7O. The molecule has 33 heavy (non-hydrogen) atoms. The number of nitrogen functional groups attached to an aromatic ring is 2. The van der Waals surface area contributed by atoms with Gasteiger partial charge in [0.2, 0.25) is 5.95 Å². The normalized spacial score (nSPS) is 14.4. The summed E-state index contributed by atoms with van der Waals surface area (Å²) in [6, 6.07) is 11.0. The van der Waals surface area contributed by atoms with Gasteiger partial charge in [-0.3, -0.25) is 4.79 Å². The average molecular weight is 442 g/mol. The highest BCUT2D eigenvalue weighted by atomic mass is 16.1. The van der Waals surface area contributed by atoms with E-state index < -0.39 is 0 Å². The highest BCUT2D eigenvalue weighted by Crippen LogP contribution is 2.24. The van der Waals surface area contributed by atoms with Crippen LogP contribution in [0.25, 0.3) is 11.3 Å². The highest BCUT2D eigenvalue weighted by molar-refractivity contribution is 5.95. The van der Waals surface area contributed by atoms with Gasteiger partial charge in [-0.05, 0) is 64.2 Å². The van der Waals surface area contributed by atoms with Gasteiger partial charge in [0, 0.05) is 28.9 Å². The van der Waals surface area contributed by atoms with Crippen molar-refractivity contribution in [1.82, 2.24) is 25.2 Å². The second-order valence-corrected chi connectivity index (χ2v) is 8.24. The number of benzene rings is 1. The highest BCUT2D eigenvalue weighted by Gasteiger charge is 2.19. The molecule has 1 aromatic carbocycles. The number of nitrogens with one attached hydrogen (secondary N) is 1. The number of hydrogen-bond acceptors (Lipinski definition) is 7. The molecule has 1 amide bonds. The summed E-state index contributed by atoms with van der Waals surface area (Å²) in [4.78, 5) is 27.7. The minimum Gasteiger partial charge on any atom is -0.384 e. The van der Waals surface area contributed by atoms with Crippen LogP contribution in [0.15, 0.2) is 42.6 Å². The van der Waals surface area contributed by atoms with Gasteiger partial charge < -0.3 is 21.7 Å². The fourth-order valence-corrected chi connectivity index (χ4v) is 3.77. The molecule has 0 spiro atoms. The van der Waals surface area contributed by atoms with Crippen LogP contribution in [0.2, 0.25) is 0 Å². The molecule has 1 fully saturated rings. The van der Waals surface area contributed by atoms with Crippen LogP contribution >= 0.6 is 0 Å². The van der Waals surface area contributed by atoms with Crippen molar-refractivity contribution in [2.45, 2.75) is 25.8 Å². The SMILES string of the molecule is Cc1nc(N)nc(-c2ccc(C(=O)NC3CCN(C)CC3)cc2)c1C#Cc1ccc(N)nc1. The number of pyridine rings is 1. The van der Waals surface area contributed by atoms with E-state index in [1.807, 2.05) is 19.1 Å². The number of aryl methyl sites for hydroxylation is 1. The average Bonchev–Trinajstić information content (AvgIpc) is 2.81. The van der Waals surface area contributed by atoms with Gasteiger partial charge in [-0.25, -0.2) is 15.0 Å². The van der Waals surface area contributed by atoms with E-state index in [1.165, 1.54) is 0 Å². The van der Waals surface area contributed by atoms with E-state index in [1.54, 1.807) is 30.5 Å². The molecule has 5 N–H and O–H groups in total. The van der Waals surface area contributed by atoms with Crippen molar-refractivity contribution in [2.75, 3.05) is 31.6 Å². The first-order chi connectivity index (χ1) is 15.9. The monoisotopic (exact) mass is 441 g/mol. The molecule has 0 bridgehead atoms. The first kappa shape index (κ1) is 22.2. The molecule has 8 heteroatoms. The number of likely N-dealkylation sites (tertiary alicyclic amines) is 1. The number of anilines is 2. The van der Waals surface area contributed by atoms with E-state index in [0.29, 0.717) is 28.3 Å². The van der Waals surface area contributed by atoms with Crippen LogP contribution in [-0.2, 0) is 0 Å². The molecule has 8 nitrogen and oxygen atoms in total. The first-order valence-electron chi connectivity index (χ1n) is 10.9. The first-order valence-corrected chi connectivity index (χ1v) is 10.9. The van der Waals surface area contributed by atoms with E-state index in [2.05, 4.69) is 44.1 Å². The lowest BCUT2D eigenvalue weighted by atomic mass is 10.0. The van der Waals surface area contributed by atoms with Gasteiger partial charge in [-0.15, -0.1) is 0 Å². The Bertz CT molecular complexity index is 1200. The third kappa shape index (κ3) is 5.45. The Balaban J connectivity index is 1.57. The van der Waals surface area contributed by atoms with Gasteiger partial charge in [0.25, 0.3) is 5.91 Å². The molecule has 1 aliphatic rings. The summed E-state index contributed by atoms with van der Waals surface area (Å²) in [5.74, 6) is 6.77. The number of aromatic nitrogens is 3. The van der Waals surface area contributed by atoms with Crippen LogP contribution in [-0.4, -0.2) is 51.9 Å². The number of nitrogens with two attached hydrogens (primary N) is 2. The fourth-order valence-electron chi connectivity index (χ4n) is 3.77. The maximum Gasteiger partial charge on any atom is 0.251 e. The van der Waals surface area contributed by atoms with Crippen molar-refractivity contribution < 1.29 is 4.79 Å². The second kappa shape index (κ2) is 9.67. The largest absolute Gasteiger partial charge is 0.384 e. The number of hydrogen-bond donors (Lipinski definition) is 3. The minimum atomic E-state index is -0.0645. The smallest absolute Gasteiger partial charge is 0.251 e. The van der Waals surface area contributed by atoms with Crippen molar-refractivity contribution in [1.29, 1.82) is 0 Å². The number of rotatable bonds is 3. The van der Waals surface area contributed by atoms with Crippen LogP contribution in [0.5, 0.6) is 0 Å². The number of carbonyl (C=O) groups is 1. The van der Waals surface area contributed by atoms with E-state index >= 15 is 0 Å². The van der Waals surface area contributed by atoms with Gasteiger partial charge >= 0.3 is 0 Å². The predicted octanol–water partition coefficient (Wildman–Crippen LogP) is 2.24. The molecule has 0 radical (unpaired) electrons. The van der Waals surface area contributed by atoms with Crippen LogP contribution < -0.4 is 16.8 Å². The van der Waals surface area contributed by atoms with Crippen molar-refractivity contribution >= 4 is 17.7 Å². The van der Waals surface area contributed by atoms with Crippen LogP contribution in [0.1, 0.15) is 40.0 Å². The summed E-state index contributed by atoms with van der Waals surface area (Å²) >= 11 is 0. The third-order valence-corrected chi connectivity index (χ3v) is 5.70. The van der Waals surface area contributed by atoms with E-state index in [4.69, 9.17) is 11.5 Å². The second-order valence-electron chi connectivity index (χ2n) is 8.24. The summed E-state index contributed by atoms with van der Waals surface area (Å²) < 4.78 is 0. The molecule has 1 saturated heterocycles. The van der Waals surface area contributed by atoms with Crippen molar-refractivity contribution in [3.63, 3.8) is 0 Å². The molecular weight excluding hydrogens is 414 g/mol. The van der Waals surface area contributed by atoms with Gasteiger partial charge in [0.05, 0.1) is 17.0 Å². The van der Waals surface area contributed by atoms with Crippen LogP contribution in [0.4, 0.5) is 11.8 Å². The Morgan fingerprint density at radius 1 is 1.06 bits per heavy atom. The zero-order valence-corrected chi connectivity index (χ0v) is 18.8. The molecule has 3 aromatic rings. The number of piperidine rings is 1. The molecule has 0 aliphatic carbocycles. The molecule has 0 saturated carbocycles. The van der Waals surface area contributed by atoms with E-state index in [-0.39, 0.29) is 17.9 Å². The quantitative estimate of drug-likeness (QED) is 0.533. The predicted molar refractivity (Wildman–Crippen MR) is 129 cm³/mol. The Hall–Kier alpha value is -3.96. The Morgan fingerprint density at radius 3 is 2.45 bits per heavy atom. The van der Waals surface area contributed by atoms with Gasteiger partial charge in [0.1, 0.15) is 5.82 Å². The number of amides is 1. The zero-order chi connectivity index (χ0) is 23.4. The maximum absolute atomic E-state index is 12.7. The third-order valence-electron chi connectivity index (χ3n) is 5.70.